The number of nitriles is 1. The van der Waals surface area contributed by atoms with Crippen molar-refractivity contribution in [2.45, 2.75) is 37.7 Å². The first-order valence-corrected chi connectivity index (χ1v) is 12.3. The number of nitrogens with zero attached hydrogens (tertiary/aromatic N) is 2. The highest BCUT2D eigenvalue weighted by atomic mass is 32.2. The molecule has 1 aromatic heterocycles. The van der Waals surface area contributed by atoms with Gasteiger partial charge in [0.2, 0.25) is 0 Å². The number of pyridine rings is 1. The standard InChI is InChI=1S/C25H25F3N4O5S/c1-5-37-23(33)20-17(12-38-22-16(10-29)13(2)8-19(31-22)25(26,27)28)30-24(34)32-21(20)14-6-7-18(36-4)15(9-14)11-35-3/h6-9,21H,5,11-12H2,1-4H3,(H2,30,32,34)/t21-/m1/s1. The minimum Gasteiger partial charge on any atom is -0.496 e. The summed E-state index contributed by atoms with van der Waals surface area (Å²) in [7, 11) is 3.01. The van der Waals surface area contributed by atoms with Gasteiger partial charge in [0.25, 0.3) is 0 Å². The lowest BCUT2D eigenvalue weighted by Gasteiger charge is -2.29. The van der Waals surface area contributed by atoms with Crippen molar-refractivity contribution < 1.29 is 37.0 Å². The molecule has 0 radical (unpaired) electrons. The van der Waals surface area contributed by atoms with E-state index in [1.807, 2.05) is 6.07 Å². The van der Waals surface area contributed by atoms with E-state index in [0.29, 0.717) is 16.9 Å². The highest BCUT2D eigenvalue weighted by Crippen LogP contribution is 2.36. The number of alkyl halides is 3. The van der Waals surface area contributed by atoms with E-state index in [2.05, 4.69) is 15.6 Å². The molecule has 0 bridgehead atoms. The van der Waals surface area contributed by atoms with Gasteiger partial charge in [-0.1, -0.05) is 17.8 Å². The quantitative estimate of drug-likeness (QED) is 0.348. The molecule has 0 spiro atoms. The van der Waals surface area contributed by atoms with Crippen molar-refractivity contribution in [3.8, 4) is 11.8 Å². The molecule has 2 aromatic rings. The van der Waals surface area contributed by atoms with Gasteiger partial charge in [0.15, 0.2) is 0 Å². The average Bonchev–Trinajstić information content (AvgIpc) is 2.86. The molecular weight excluding hydrogens is 525 g/mol. The van der Waals surface area contributed by atoms with E-state index in [0.717, 1.165) is 17.8 Å². The molecule has 1 aliphatic heterocycles. The van der Waals surface area contributed by atoms with E-state index in [1.165, 1.54) is 21.1 Å². The number of thioether (sulfide) groups is 1. The number of esters is 1. The summed E-state index contributed by atoms with van der Waals surface area (Å²) in [5, 5.41) is 14.6. The van der Waals surface area contributed by atoms with Crippen LogP contribution in [0.15, 0.2) is 40.6 Å². The normalized spacial score (nSPS) is 15.4. The van der Waals surface area contributed by atoms with Gasteiger partial charge in [-0.3, -0.25) is 0 Å². The molecule has 1 aromatic carbocycles. The smallest absolute Gasteiger partial charge is 0.433 e. The maximum atomic E-state index is 13.4. The van der Waals surface area contributed by atoms with Crippen molar-refractivity contribution in [1.29, 1.82) is 5.26 Å². The van der Waals surface area contributed by atoms with Gasteiger partial charge in [-0.2, -0.15) is 18.4 Å². The fraction of sp³-hybridized carbons (Fsp3) is 0.360. The van der Waals surface area contributed by atoms with Gasteiger partial charge in [-0.15, -0.1) is 0 Å². The predicted molar refractivity (Wildman–Crippen MR) is 131 cm³/mol. The van der Waals surface area contributed by atoms with Crippen molar-refractivity contribution in [3.05, 3.63) is 63.5 Å². The minimum atomic E-state index is -4.72. The van der Waals surface area contributed by atoms with Crippen LogP contribution in [0.1, 0.15) is 40.9 Å². The van der Waals surface area contributed by atoms with Gasteiger partial charge in [-0.25, -0.2) is 14.6 Å². The zero-order valence-corrected chi connectivity index (χ0v) is 21.8. The van der Waals surface area contributed by atoms with Crippen LogP contribution in [0.5, 0.6) is 5.75 Å². The number of amides is 2. The number of urea groups is 1. The van der Waals surface area contributed by atoms with Crippen LogP contribution in [0.2, 0.25) is 0 Å². The molecule has 0 unspecified atom stereocenters. The van der Waals surface area contributed by atoms with Crippen LogP contribution in [0.4, 0.5) is 18.0 Å². The Morgan fingerprint density at radius 2 is 2.00 bits per heavy atom. The summed E-state index contributed by atoms with van der Waals surface area (Å²) >= 11 is 0.797. The number of halogens is 3. The maximum absolute atomic E-state index is 13.4. The predicted octanol–water partition coefficient (Wildman–Crippen LogP) is 4.40. The molecule has 38 heavy (non-hydrogen) atoms. The van der Waals surface area contributed by atoms with Crippen LogP contribution < -0.4 is 15.4 Å². The third-order valence-electron chi connectivity index (χ3n) is 5.53. The largest absolute Gasteiger partial charge is 0.496 e. The molecule has 0 saturated carbocycles. The summed E-state index contributed by atoms with van der Waals surface area (Å²) in [6.07, 6.45) is -4.72. The van der Waals surface area contributed by atoms with E-state index in [4.69, 9.17) is 14.2 Å². The summed E-state index contributed by atoms with van der Waals surface area (Å²) in [5.74, 6) is -0.344. The topological polar surface area (TPSA) is 123 Å². The molecule has 2 N–H and O–H groups in total. The maximum Gasteiger partial charge on any atom is 0.433 e. The second-order valence-electron chi connectivity index (χ2n) is 8.05. The van der Waals surface area contributed by atoms with Crippen molar-refractivity contribution in [1.82, 2.24) is 15.6 Å². The number of hydrogen-bond acceptors (Lipinski definition) is 8. The van der Waals surface area contributed by atoms with Gasteiger partial charge in [0.05, 0.1) is 37.5 Å². The first kappa shape index (κ1) is 28.8. The molecule has 202 valence electrons. The highest BCUT2D eigenvalue weighted by Gasteiger charge is 2.36. The van der Waals surface area contributed by atoms with Crippen molar-refractivity contribution in [2.75, 3.05) is 26.6 Å². The van der Waals surface area contributed by atoms with E-state index >= 15 is 0 Å². The molecule has 0 saturated heterocycles. The molecule has 3 rings (SSSR count). The monoisotopic (exact) mass is 550 g/mol. The summed E-state index contributed by atoms with van der Waals surface area (Å²) in [6.45, 7) is 3.25. The third kappa shape index (κ3) is 6.38. The number of aromatic nitrogens is 1. The average molecular weight is 551 g/mol. The molecule has 13 heteroatoms. The van der Waals surface area contributed by atoms with Gasteiger partial charge in [-0.05, 0) is 43.2 Å². The summed E-state index contributed by atoms with van der Waals surface area (Å²) in [5.41, 5.74) is 0.310. The molecule has 2 heterocycles. The van der Waals surface area contributed by atoms with Crippen LogP contribution in [-0.2, 0) is 27.1 Å². The lowest BCUT2D eigenvalue weighted by atomic mass is 9.94. The number of methoxy groups -OCH3 is 2. The van der Waals surface area contributed by atoms with Gasteiger partial charge in [0.1, 0.15) is 22.5 Å². The first-order chi connectivity index (χ1) is 18.0. The number of rotatable bonds is 9. The number of ether oxygens (including phenoxy) is 3. The minimum absolute atomic E-state index is 0.0301. The van der Waals surface area contributed by atoms with Gasteiger partial charge >= 0.3 is 18.2 Å². The Hall–Kier alpha value is -3.76. The molecule has 9 nitrogen and oxygen atoms in total. The zero-order valence-electron chi connectivity index (χ0n) is 21.0. The summed E-state index contributed by atoms with van der Waals surface area (Å²) < 4.78 is 55.9. The van der Waals surface area contributed by atoms with Crippen LogP contribution in [-0.4, -0.2) is 43.6 Å². The number of carbonyl (C=O) groups excluding carboxylic acids is 2. The Morgan fingerprint density at radius 3 is 2.61 bits per heavy atom. The Kier molecular flexibility index (Phi) is 9.24. The second-order valence-corrected chi connectivity index (χ2v) is 9.02. The van der Waals surface area contributed by atoms with Crippen molar-refractivity contribution in [3.63, 3.8) is 0 Å². The van der Waals surface area contributed by atoms with E-state index < -0.39 is 29.9 Å². The fourth-order valence-electron chi connectivity index (χ4n) is 3.85. The van der Waals surface area contributed by atoms with E-state index in [9.17, 15) is 28.0 Å². The Bertz CT molecular complexity index is 1310. The molecule has 1 aliphatic rings. The molecule has 0 aliphatic carbocycles. The Labute approximate surface area is 221 Å². The lowest BCUT2D eigenvalue weighted by Crippen LogP contribution is -2.46. The van der Waals surface area contributed by atoms with Crippen LogP contribution in [0, 0.1) is 18.3 Å². The number of hydrogen-bond donors (Lipinski definition) is 2. The van der Waals surface area contributed by atoms with Gasteiger partial charge in [0, 0.05) is 24.1 Å². The molecule has 1 atom stereocenters. The lowest BCUT2D eigenvalue weighted by molar-refractivity contribution is -0.141. The second kappa shape index (κ2) is 12.2. The molecule has 0 fully saturated rings. The zero-order chi connectivity index (χ0) is 28.0. The number of nitrogens with one attached hydrogen (secondary N) is 2. The SMILES string of the molecule is CCOC(=O)C1=C(CSc2nc(C(F)(F)F)cc(C)c2C#N)NC(=O)N[C@@H]1c1ccc(OC)c(COC)c1. The van der Waals surface area contributed by atoms with Gasteiger partial charge < -0.3 is 24.8 Å². The fourth-order valence-corrected chi connectivity index (χ4v) is 4.87. The van der Waals surface area contributed by atoms with Crippen LogP contribution >= 0.6 is 11.8 Å². The number of carbonyl (C=O) groups is 2. The first-order valence-electron chi connectivity index (χ1n) is 11.3. The van der Waals surface area contributed by atoms with E-state index in [-0.39, 0.29) is 46.4 Å². The van der Waals surface area contributed by atoms with Crippen LogP contribution in [0.3, 0.4) is 0 Å². The van der Waals surface area contributed by atoms with Crippen LogP contribution in [0.25, 0.3) is 0 Å². The molecule has 2 amide bonds. The molecular formula is C25H25F3N4O5S. The number of aryl methyl sites for hydroxylation is 1. The Morgan fingerprint density at radius 1 is 1.26 bits per heavy atom. The summed E-state index contributed by atoms with van der Waals surface area (Å²) in [6, 6.07) is 6.17. The summed E-state index contributed by atoms with van der Waals surface area (Å²) in [4.78, 5) is 29.3. The Balaban J connectivity index is 2.08. The highest BCUT2D eigenvalue weighted by molar-refractivity contribution is 7.99. The number of benzene rings is 1. The van der Waals surface area contributed by atoms with E-state index in [1.54, 1.807) is 25.1 Å². The van der Waals surface area contributed by atoms with Crippen molar-refractivity contribution >= 4 is 23.8 Å². The third-order valence-corrected chi connectivity index (χ3v) is 6.53. The van der Waals surface area contributed by atoms with Crippen molar-refractivity contribution in [2.24, 2.45) is 0 Å².